The van der Waals surface area contributed by atoms with E-state index in [0.717, 1.165) is 38.7 Å². The molecule has 1 heterocycles. The molecule has 1 saturated carbocycles. The third-order valence-electron chi connectivity index (χ3n) is 4.68. The Hall–Kier alpha value is -0.610. The summed E-state index contributed by atoms with van der Waals surface area (Å²) in [6.07, 6.45) is 5.99. The third kappa shape index (κ3) is 3.23. The average molecular weight is 254 g/mol. The maximum atomic E-state index is 12.1. The second kappa shape index (κ2) is 5.57. The van der Waals surface area contributed by atoms with Crippen LogP contribution in [0, 0.1) is 5.92 Å². The summed E-state index contributed by atoms with van der Waals surface area (Å²) in [6.45, 7) is 4.86. The molecule has 2 aliphatic rings. The Morgan fingerprint density at radius 3 is 2.61 bits per heavy atom. The van der Waals surface area contributed by atoms with Crippen molar-refractivity contribution in [1.29, 1.82) is 0 Å². The van der Waals surface area contributed by atoms with Gasteiger partial charge in [-0.3, -0.25) is 4.79 Å². The van der Waals surface area contributed by atoms with Crippen LogP contribution in [0.15, 0.2) is 0 Å². The van der Waals surface area contributed by atoms with Gasteiger partial charge in [-0.15, -0.1) is 0 Å². The van der Waals surface area contributed by atoms with Crippen LogP contribution in [0.5, 0.6) is 0 Å². The van der Waals surface area contributed by atoms with Crippen LogP contribution in [0.3, 0.4) is 0 Å². The Labute approximate surface area is 110 Å². The van der Waals surface area contributed by atoms with Gasteiger partial charge in [0.25, 0.3) is 0 Å². The predicted molar refractivity (Wildman–Crippen MR) is 71.1 cm³/mol. The van der Waals surface area contributed by atoms with Gasteiger partial charge in [0.1, 0.15) is 0 Å². The van der Waals surface area contributed by atoms with Crippen LogP contribution in [0.1, 0.15) is 52.4 Å². The van der Waals surface area contributed by atoms with E-state index in [-0.39, 0.29) is 17.6 Å². The highest BCUT2D eigenvalue weighted by Crippen LogP contribution is 2.28. The van der Waals surface area contributed by atoms with Crippen LogP contribution in [-0.2, 0) is 9.53 Å². The monoisotopic (exact) mass is 254 g/mol. The SMILES string of the molecule is CC1OCCC1(C)NC(=O)CC1CCC(N)CC1. The minimum atomic E-state index is -0.178. The highest BCUT2D eigenvalue weighted by Gasteiger charge is 2.38. The first-order chi connectivity index (χ1) is 8.49. The van der Waals surface area contributed by atoms with Crippen LogP contribution in [0.4, 0.5) is 0 Å². The lowest BCUT2D eigenvalue weighted by atomic mass is 9.84. The molecule has 18 heavy (non-hydrogen) atoms. The fourth-order valence-corrected chi connectivity index (χ4v) is 3.02. The molecule has 0 aromatic rings. The third-order valence-corrected chi connectivity index (χ3v) is 4.68. The number of carbonyl (C=O) groups excluding carboxylic acids is 1. The number of nitrogens with one attached hydrogen (secondary N) is 1. The first-order valence-electron chi connectivity index (χ1n) is 7.18. The molecule has 0 spiro atoms. The number of ether oxygens (including phenoxy) is 1. The van der Waals surface area contributed by atoms with Gasteiger partial charge < -0.3 is 15.8 Å². The van der Waals surface area contributed by atoms with Gasteiger partial charge in [0.2, 0.25) is 5.91 Å². The molecule has 1 saturated heterocycles. The molecule has 1 aliphatic heterocycles. The molecule has 0 aromatic carbocycles. The predicted octanol–water partition coefficient (Wildman–Crippen LogP) is 1.58. The van der Waals surface area contributed by atoms with Gasteiger partial charge in [-0.2, -0.15) is 0 Å². The van der Waals surface area contributed by atoms with Crippen molar-refractivity contribution in [2.75, 3.05) is 6.61 Å². The van der Waals surface area contributed by atoms with Crippen molar-refractivity contribution < 1.29 is 9.53 Å². The van der Waals surface area contributed by atoms with Crippen molar-refractivity contribution in [3.8, 4) is 0 Å². The number of rotatable bonds is 3. The van der Waals surface area contributed by atoms with Gasteiger partial charge in [0.05, 0.1) is 11.6 Å². The summed E-state index contributed by atoms with van der Waals surface area (Å²) in [5.74, 6) is 0.696. The zero-order chi connectivity index (χ0) is 13.2. The highest BCUT2D eigenvalue weighted by atomic mass is 16.5. The van der Waals surface area contributed by atoms with Crippen molar-refractivity contribution in [3.05, 3.63) is 0 Å². The van der Waals surface area contributed by atoms with E-state index in [4.69, 9.17) is 10.5 Å². The summed E-state index contributed by atoms with van der Waals surface area (Å²) in [5, 5.41) is 3.17. The van der Waals surface area contributed by atoms with Crippen molar-refractivity contribution >= 4 is 5.91 Å². The average Bonchev–Trinajstić information content (AvgIpc) is 2.62. The van der Waals surface area contributed by atoms with E-state index in [1.807, 2.05) is 6.92 Å². The molecule has 0 aromatic heterocycles. The molecule has 0 radical (unpaired) electrons. The van der Waals surface area contributed by atoms with E-state index < -0.39 is 0 Å². The van der Waals surface area contributed by atoms with Crippen LogP contribution in [0.2, 0.25) is 0 Å². The first-order valence-corrected chi connectivity index (χ1v) is 7.18. The van der Waals surface area contributed by atoms with Crippen molar-refractivity contribution in [2.45, 2.75) is 70.1 Å². The standard InChI is InChI=1S/C14H26N2O2/c1-10-14(2,7-8-18-10)16-13(17)9-11-3-5-12(15)6-4-11/h10-12H,3-9,15H2,1-2H3,(H,16,17). The Kier molecular flexibility index (Phi) is 4.28. The van der Waals surface area contributed by atoms with Crippen LogP contribution in [-0.4, -0.2) is 30.2 Å². The largest absolute Gasteiger partial charge is 0.376 e. The van der Waals surface area contributed by atoms with E-state index in [2.05, 4.69) is 12.2 Å². The van der Waals surface area contributed by atoms with E-state index in [1.54, 1.807) is 0 Å². The van der Waals surface area contributed by atoms with Crippen molar-refractivity contribution in [1.82, 2.24) is 5.32 Å². The summed E-state index contributed by atoms with van der Waals surface area (Å²) in [6, 6.07) is 0.352. The normalized spacial score (nSPS) is 40.7. The van der Waals surface area contributed by atoms with E-state index in [9.17, 15) is 4.79 Å². The molecular formula is C14H26N2O2. The molecule has 2 fully saturated rings. The summed E-state index contributed by atoms with van der Waals surface area (Å²) in [5.41, 5.74) is 5.70. The summed E-state index contributed by atoms with van der Waals surface area (Å²) < 4.78 is 5.54. The van der Waals surface area contributed by atoms with Crippen molar-refractivity contribution in [3.63, 3.8) is 0 Å². The summed E-state index contributed by atoms with van der Waals surface area (Å²) in [7, 11) is 0. The molecule has 1 amide bonds. The van der Waals surface area contributed by atoms with Crippen molar-refractivity contribution in [2.24, 2.45) is 11.7 Å². The maximum Gasteiger partial charge on any atom is 0.220 e. The lowest BCUT2D eigenvalue weighted by Crippen LogP contribution is -2.51. The van der Waals surface area contributed by atoms with E-state index in [1.165, 1.54) is 0 Å². The van der Waals surface area contributed by atoms with Gasteiger partial charge in [-0.25, -0.2) is 0 Å². The van der Waals surface area contributed by atoms with E-state index >= 15 is 0 Å². The van der Waals surface area contributed by atoms with Gasteiger partial charge in [0.15, 0.2) is 0 Å². The smallest absolute Gasteiger partial charge is 0.220 e. The Morgan fingerprint density at radius 2 is 2.06 bits per heavy atom. The number of hydrogen-bond donors (Lipinski definition) is 2. The zero-order valence-electron chi connectivity index (χ0n) is 11.6. The zero-order valence-corrected chi connectivity index (χ0v) is 11.6. The number of carbonyl (C=O) groups is 1. The minimum Gasteiger partial charge on any atom is -0.376 e. The number of nitrogens with two attached hydrogens (primary N) is 1. The van der Waals surface area contributed by atoms with Crippen LogP contribution in [0.25, 0.3) is 0 Å². The van der Waals surface area contributed by atoms with Gasteiger partial charge in [0, 0.05) is 19.1 Å². The van der Waals surface area contributed by atoms with Crippen LogP contribution >= 0.6 is 0 Å². The topological polar surface area (TPSA) is 64.3 Å². The Balaban J connectivity index is 1.78. The molecule has 1 aliphatic carbocycles. The molecule has 2 unspecified atom stereocenters. The van der Waals surface area contributed by atoms with Gasteiger partial charge in [-0.1, -0.05) is 0 Å². The first kappa shape index (κ1) is 13.8. The van der Waals surface area contributed by atoms with E-state index in [0.29, 0.717) is 18.4 Å². The fourth-order valence-electron chi connectivity index (χ4n) is 3.02. The molecule has 4 nitrogen and oxygen atoms in total. The second-order valence-electron chi connectivity index (χ2n) is 6.21. The highest BCUT2D eigenvalue weighted by molar-refractivity contribution is 5.77. The maximum absolute atomic E-state index is 12.1. The molecule has 2 atom stereocenters. The van der Waals surface area contributed by atoms with Gasteiger partial charge in [-0.05, 0) is 51.9 Å². The fraction of sp³-hybridized carbons (Fsp3) is 0.929. The lowest BCUT2D eigenvalue weighted by Gasteiger charge is -2.31. The molecule has 2 rings (SSSR count). The molecule has 0 bridgehead atoms. The summed E-state index contributed by atoms with van der Waals surface area (Å²) >= 11 is 0. The number of hydrogen-bond acceptors (Lipinski definition) is 3. The molecular weight excluding hydrogens is 228 g/mol. The summed E-state index contributed by atoms with van der Waals surface area (Å²) in [4.78, 5) is 12.1. The minimum absolute atomic E-state index is 0.112. The quantitative estimate of drug-likeness (QED) is 0.803. The van der Waals surface area contributed by atoms with Gasteiger partial charge >= 0.3 is 0 Å². The number of amides is 1. The second-order valence-corrected chi connectivity index (χ2v) is 6.21. The Bertz CT molecular complexity index is 300. The molecule has 104 valence electrons. The molecule has 3 N–H and O–H groups in total. The Morgan fingerprint density at radius 1 is 1.39 bits per heavy atom. The van der Waals surface area contributed by atoms with Crippen LogP contribution < -0.4 is 11.1 Å². The lowest BCUT2D eigenvalue weighted by molar-refractivity contribution is -0.124. The molecule has 4 heteroatoms.